The van der Waals surface area contributed by atoms with Crippen molar-refractivity contribution < 1.29 is 13.2 Å². The molecule has 1 aliphatic rings. The zero-order valence-corrected chi connectivity index (χ0v) is 14.8. The van der Waals surface area contributed by atoms with Crippen LogP contribution in [-0.4, -0.2) is 56.1 Å². The second-order valence-corrected chi connectivity index (χ2v) is 9.11. The number of sulfonamides is 1. The molecule has 1 fully saturated rings. The lowest BCUT2D eigenvalue weighted by atomic mass is 10.1. The number of amides is 2. The summed E-state index contributed by atoms with van der Waals surface area (Å²) in [4.78, 5) is 16.2. The minimum atomic E-state index is -3.12. The van der Waals surface area contributed by atoms with Gasteiger partial charge in [-0.1, -0.05) is 0 Å². The Labute approximate surface area is 136 Å². The van der Waals surface area contributed by atoms with Crippen LogP contribution in [0.5, 0.6) is 0 Å². The molecule has 2 rings (SSSR count). The average Bonchev–Trinajstić information content (AvgIpc) is 2.83. The summed E-state index contributed by atoms with van der Waals surface area (Å²) in [5.74, 6) is 0. The summed E-state index contributed by atoms with van der Waals surface area (Å²) in [6, 6.07) is 4.02. The van der Waals surface area contributed by atoms with Gasteiger partial charge in [0.15, 0.2) is 0 Å². The Morgan fingerprint density at radius 1 is 1.41 bits per heavy atom. The lowest BCUT2D eigenvalue weighted by Gasteiger charge is -2.31. The lowest BCUT2D eigenvalue weighted by Crippen LogP contribution is -2.49. The van der Waals surface area contributed by atoms with Crippen LogP contribution in [-0.2, 0) is 16.6 Å². The van der Waals surface area contributed by atoms with Crippen molar-refractivity contribution in [3.63, 3.8) is 0 Å². The molecule has 0 bridgehead atoms. The maximum Gasteiger partial charge on any atom is 0.317 e. The quantitative estimate of drug-likeness (QED) is 0.901. The van der Waals surface area contributed by atoms with Crippen molar-refractivity contribution in [1.82, 2.24) is 14.5 Å². The first-order chi connectivity index (χ1) is 10.3. The molecule has 1 saturated heterocycles. The van der Waals surface area contributed by atoms with E-state index in [9.17, 15) is 13.2 Å². The van der Waals surface area contributed by atoms with E-state index in [1.54, 1.807) is 23.3 Å². The number of hydrogen-bond donors (Lipinski definition) is 1. The van der Waals surface area contributed by atoms with E-state index in [0.29, 0.717) is 32.5 Å². The average molecular weight is 345 g/mol. The number of rotatable bonds is 4. The third kappa shape index (κ3) is 4.69. The fraction of sp³-hybridized carbons (Fsp3) is 0.643. The Hall–Kier alpha value is -1.12. The van der Waals surface area contributed by atoms with Crippen molar-refractivity contribution in [3.8, 4) is 0 Å². The molecule has 0 aliphatic carbocycles. The topological polar surface area (TPSA) is 69.7 Å². The Bertz CT molecular complexity index is 619. The summed E-state index contributed by atoms with van der Waals surface area (Å²) < 4.78 is 24.4. The van der Waals surface area contributed by atoms with Crippen LogP contribution < -0.4 is 5.32 Å². The van der Waals surface area contributed by atoms with Gasteiger partial charge in [0.2, 0.25) is 10.0 Å². The first-order valence-corrected chi connectivity index (χ1v) is 9.94. The van der Waals surface area contributed by atoms with E-state index in [1.807, 2.05) is 19.1 Å². The summed E-state index contributed by atoms with van der Waals surface area (Å²) >= 11 is 1.69. The van der Waals surface area contributed by atoms with Crippen LogP contribution >= 0.6 is 11.3 Å². The maximum atomic E-state index is 12.2. The molecular formula is C14H23N3O3S2. The zero-order valence-electron chi connectivity index (χ0n) is 13.2. The molecule has 2 amide bonds. The molecule has 6 nitrogen and oxygen atoms in total. The highest BCUT2D eigenvalue weighted by Gasteiger charge is 2.26. The van der Waals surface area contributed by atoms with Crippen molar-refractivity contribution >= 4 is 27.4 Å². The fourth-order valence-electron chi connectivity index (χ4n) is 2.49. The Morgan fingerprint density at radius 3 is 2.55 bits per heavy atom. The molecule has 22 heavy (non-hydrogen) atoms. The number of thiophene rings is 1. The summed E-state index contributed by atoms with van der Waals surface area (Å²) in [6.45, 7) is 3.57. The first-order valence-electron chi connectivity index (χ1n) is 7.28. The molecule has 1 aromatic heterocycles. The highest BCUT2D eigenvalue weighted by molar-refractivity contribution is 7.88. The van der Waals surface area contributed by atoms with Crippen molar-refractivity contribution in [1.29, 1.82) is 0 Å². The Morgan fingerprint density at radius 2 is 2.05 bits per heavy atom. The zero-order chi connectivity index (χ0) is 16.3. The maximum absolute atomic E-state index is 12.2. The molecule has 1 aliphatic heterocycles. The third-order valence-corrected chi connectivity index (χ3v) is 6.07. The monoisotopic (exact) mass is 345 g/mol. The Kier molecular flexibility index (Phi) is 5.46. The van der Waals surface area contributed by atoms with Gasteiger partial charge in [-0.05, 0) is 31.9 Å². The normalized spacial score (nSPS) is 17.4. The minimum absolute atomic E-state index is 0.0398. The van der Waals surface area contributed by atoms with Crippen molar-refractivity contribution in [2.24, 2.45) is 0 Å². The molecule has 2 heterocycles. The largest absolute Gasteiger partial charge is 0.335 e. The smallest absolute Gasteiger partial charge is 0.317 e. The summed E-state index contributed by atoms with van der Waals surface area (Å²) in [5, 5.41) is 2.99. The van der Waals surface area contributed by atoms with Crippen LogP contribution in [0.2, 0.25) is 0 Å². The molecule has 0 radical (unpaired) electrons. The number of nitrogens with zero attached hydrogens (tertiary/aromatic N) is 2. The highest BCUT2D eigenvalue weighted by Crippen LogP contribution is 2.17. The third-order valence-electron chi connectivity index (χ3n) is 3.79. The van der Waals surface area contributed by atoms with Crippen LogP contribution in [0, 0.1) is 6.92 Å². The first kappa shape index (κ1) is 17.2. The van der Waals surface area contributed by atoms with Crippen molar-refractivity contribution in [2.75, 3.05) is 26.4 Å². The number of hydrogen-bond acceptors (Lipinski definition) is 4. The SMILES string of the molecule is Cc1ccc(CN(C)C(=O)NC2CCN(S(C)(=O)=O)CC2)s1. The van der Waals surface area contributed by atoms with E-state index in [4.69, 9.17) is 0 Å². The van der Waals surface area contributed by atoms with Gasteiger partial charge in [-0.25, -0.2) is 17.5 Å². The van der Waals surface area contributed by atoms with Gasteiger partial charge in [0.05, 0.1) is 12.8 Å². The minimum Gasteiger partial charge on any atom is -0.335 e. The number of carbonyl (C=O) groups excluding carboxylic acids is 1. The molecule has 0 saturated carbocycles. The second kappa shape index (κ2) is 6.97. The van der Waals surface area contributed by atoms with Gasteiger partial charge in [-0.15, -0.1) is 11.3 Å². The van der Waals surface area contributed by atoms with Gasteiger partial charge in [0.25, 0.3) is 0 Å². The van der Waals surface area contributed by atoms with Gasteiger partial charge in [-0.2, -0.15) is 0 Å². The standard InChI is InChI=1S/C14H23N3O3S2/c1-11-4-5-13(21-11)10-16(2)14(18)15-12-6-8-17(9-7-12)22(3,19)20/h4-5,12H,6-10H2,1-3H3,(H,15,18). The van der Waals surface area contributed by atoms with E-state index in [2.05, 4.69) is 5.32 Å². The molecule has 8 heteroatoms. The van der Waals surface area contributed by atoms with Gasteiger partial charge in [0, 0.05) is 35.9 Å². The number of aryl methyl sites for hydroxylation is 1. The predicted octanol–water partition coefficient (Wildman–Crippen LogP) is 1.62. The fourth-order valence-corrected chi connectivity index (χ4v) is 4.31. The van der Waals surface area contributed by atoms with Crippen LogP contribution in [0.3, 0.4) is 0 Å². The van der Waals surface area contributed by atoms with E-state index < -0.39 is 10.0 Å². The van der Waals surface area contributed by atoms with Gasteiger partial charge < -0.3 is 10.2 Å². The second-order valence-electron chi connectivity index (χ2n) is 5.75. The lowest BCUT2D eigenvalue weighted by molar-refractivity contribution is 0.196. The van der Waals surface area contributed by atoms with Gasteiger partial charge >= 0.3 is 6.03 Å². The van der Waals surface area contributed by atoms with Gasteiger partial charge in [0.1, 0.15) is 0 Å². The van der Waals surface area contributed by atoms with Crippen LogP contribution in [0.25, 0.3) is 0 Å². The van der Waals surface area contributed by atoms with Gasteiger partial charge in [-0.3, -0.25) is 0 Å². The van der Waals surface area contributed by atoms with Crippen LogP contribution in [0.4, 0.5) is 4.79 Å². The van der Waals surface area contributed by atoms with E-state index in [1.165, 1.54) is 15.4 Å². The summed E-state index contributed by atoms with van der Waals surface area (Å²) in [5.41, 5.74) is 0. The molecule has 1 N–H and O–H groups in total. The summed E-state index contributed by atoms with van der Waals surface area (Å²) in [6.07, 6.45) is 2.54. The molecule has 0 atom stereocenters. The highest BCUT2D eigenvalue weighted by atomic mass is 32.2. The molecule has 1 aromatic rings. The predicted molar refractivity (Wildman–Crippen MR) is 88.5 cm³/mol. The number of nitrogens with one attached hydrogen (secondary N) is 1. The molecule has 124 valence electrons. The van der Waals surface area contributed by atoms with E-state index in [-0.39, 0.29) is 12.1 Å². The molecule has 0 aromatic carbocycles. The van der Waals surface area contributed by atoms with Crippen molar-refractivity contribution in [2.45, 2.75) is 32.4 Å². The van der Waals surface area contributed by atoms with E-state index >= 15 is 0 Å². The van der Waals surface area contributed by atoms with Crippen LogP contribution in [0.1, 0.15) is 22.6 Å². The van der Waals surface area contributed by atoms with Crippen molar-refractivity contribution in [3.05, 3.63) is 21.9 Å². The number of urea groups is 1. The van der Waals surface area contributed by atoms with Crippen LogP contribution in [0.15, 0.2) is 12.1 Å². The Balaban J connectivity index is 1.80. The van der Waals surface area contributed by atoms with E-state index in [0.717, 1.165) is 4.88 Å². The molecule has 0 unspecified atom stereocenters. The molecule has 0 spiro atoms. The summed E-state index contributed by atoms with van der Waals surface area (Å²) in [7, 11) is -1.35. The number of carbonyl (C=O) groups is 1. The molecular weight excluding hydrogens is 322 g/mol. The number of piperidine rings is 1.